The van der Waals surface area contributed by atoms with Crippen LogP contribution in [0.5, 0.6) is 0 Å². The molecule has 0 spiro atoms. The third kappa shape index (κ3) is 3.99. The summed E-state index contributed by atoms with van der Waals surface area (Å²) in [6.45, 7) is 11.2. The van der Waals surface area contributed by atoms with Gasteiger partial charge >= 0.3 is 0 Å². The summed E-state index contributed by atoms with van der Waals surface area (Å²) in [7, 11) is 0.714. The molecule has 0 saturated carbocycles. The van der Waals surface area contributed by atoms with Crippen LogP contribution in [0, 0.1) is 5.41 Å². The number of fused-ring (bicyclic) bond motifs is 1. The topological polar surface area (TPSA) is 78.0 Å². The molecule has 0 aliphatic carbocycles. The van der Waals surface area contributed by atoms with Crippen LogP contribution in [0.1, 0.15) is 46.1 Å². The van der Waals surface area contributed by atoms with E-state index in [-0.39, 0.29) is 5.41 Å². The SMILES string of the molecule is CC(C)S(=O)(=O)C1=C[N+](C)(C)c2c(nc(CC(C)(C)C)n2CCN)C1. The Hall–Kier alpha value is -1.18. The van der Waals surface area contributed by atoms with Gasteiger partial charge in [0.15, 0.2) is 9.84 Å². The molecule has 0 fully saturated rings. The predicted octanol–water partition coefficient (Wildman–Crippen LogP) is 2.22. The van der Waals surface area contributed by atoms with Crippen LogP contribution in [0.15, 0.2) is 11.1 Å². The zero-order valence-corrected chi connectivity index (χ0v) is 17.4. The summed E-state index contributed by atoms with van der Waals surface area (Å²) >= 11 is 0. The van der Waals surface area contributed by atoms with Gasteiger partial charge in [0.05, 0.1) is 19.3 Å². The van der Waals surface area contributed by atoms with Crippen LogP contribution in [0.4, 0.5) is 5.82 Å². The van der Waals surface area contributed by atoms with Crippen LogP contribution in [-0.4, -0.2) is 43.9 Å². The minimum Gasteiger partial charge on any atom is -0.329 e. The van der Waals surface area contributed by atoms with E-state index in [9.17, 15) is 8.42 Å². The van der Waals surface area contributed by atoms with Gasteiger partial charge in [-0.15, -0.1) is 0 Å². The lowest BCUT2D eigenvalue weighted by Crippen LogP contribution is -2.41. The van der Waals surface area contributed by atoms with Crippen LogP contribution in [-0.2, 0) is 29.2 Å². The molecule has 0 amide bonds. The maximum Gasteiger partial charge on any atom is 0.236 e. The number of allylic oxidation sites excluding steroid dienone is 1. The van der Waals surface area contributed by atoms with Crippen molar-refractivity contribution in [2.24, 2.45) is 11.1 Å². The second kappa shape index (κ2) is 6.52. The molecule has 0 saturated heterocycles. The molecule has 1 aliphatic rings. The third-order valence-electron chi connectivity index (χ3n) is 4.47. The van der Waals surface area contributed by atoms with Crippen molar-refractivity contribution >= 4 is 15.7 Å². The number of aromatic nitrogens is 2. The monoisotopic (exact) mass is 369 g/mol. The van der Waals surface area contributed by atoms with Crippen molar-refractivity contribution in [2.75, 3.05) is 20.6 Å². The van der Waals surface area contributed by atoms with Crippen molar-refractivity contribution < 1.29 is 8.42 Å². The summed E-state index contributed by atoms with van der Waals surface area (Å²) < 4.78 is 28.0. The highest BCUT2D eigenvalue weighted by molar-refractivity contribution is 7.95. The number of quaternary nitrogens is 1. The summed E-state index contributed by atoms with van der Waals surface area (Å²) in [6, 6.07) is 0. The highest BCUT2D eigenvalue weighted by Gasteiger charge is 2.39. The van der Waals surface area contributed by atoms with Crippen molar-refractivity contribution in [3.05, 3.63) is 22.6 Å². The van der Waals surface area contributed by atoms with E-state index in [1.54, 1.807) is 13.8 Å². The first-order valence-electron chi connectivity index (χ1n) is 8.88. The zero-order chi connectivity index (χ0) is 19.2. The lowest BCUT2D eigenvalue weighted by molar-refractivity contribution is 0.387. The van der Waals surface area contributed by atoms with Gasteiger partial charge in [-0.2, -0.15) is 0 Å². The van der Waals surface area contributed by atoms with Crippen molar-refractivity contribution in [3.63, 3.8) is 0 Å². The van der Waals surface area contributed by atoms with E-state index in [0.29, 0.717) is 28.9 Å². The Morgan fingerprint density at radius 1 is 1.32 bits per heavy atom. The molecule has 1 aromatic rings. The summed E-state index contributed by atoms with van der Waals surface area (Å²) in [5, 5.41) is -0.430. The Morgan fingerprint density at radius 2 is 1.92 bits per heavy atom. The largest absolute Gasteiger partial charge is 0.329 e. The number of nitrogens with two attached hydrogens (primary N) is 1. The molecule has 1 aromatic heterocycles. The van der Waals surface area contributed by atoms with Gasteiger partial charge in [-0.05, 0) is 19.3 Å². The van der Waals surface area contributed by atoms with Gasteiger partial charge < -0.3 is 5.73 Å². The minimum atomic E-state index is -3.29. The van der Waals surface area contributed by atoms with E-state index < -0.39 is 15.1 Å². The fraction of sp³-hybridized carbons (Fsp3) is 0.722. The van der Waals surface area contributed by atoms with E-state index in [2.05, 4.69) is 25.3 Å². The molecule has 0 aromatic carbocycles. The van der Waals surface area contributed by atoms with E-state index in [1.807, 2.05) is 20.3 Å². The molecule has 7 heteroatoms. The van der Waals surface area contributed by atoms with Crippen LogP contribution >= 0.6 is 0 Å². The number of hydrogen-bond donors (Lipinski definition) is 1. The maximum atomic E-state index is 12.7. The smallest absolute Gasteiger partial charge is 0.236 e. The molecule has 2 heterocycles. The Balaban J connectivity index is 2.60. The van der Waals surface area contributed by atoms with E-state index in [0.717, 1.165) is 23.8 Å². The van der Waals surface area contributed by atoms with Crippen LogP contribution in [0.25, 0.3) is 0 Å². The molecular formula is C18H33N4O2S+. The Kier molecular flexibility index (Phi) is 5.25. The van der Waals surface area contributed by atoms with E-state index in [1.165, 1.54) is 0 Å². The quantitative estimate of drug-likeness (QED) is 0.807. The second-order valence-corrected chi connectivity index (χ2v) is 11.4. The summed E-state index contributed by atoms with van der Waals surface area (Å²) in [6.07, 6.45) is 3.05. The van der Waals surface area contributed by atoms with Gasteiger partial charge in [-0.1, -0.05) is 20.8 Å². The molecule has 1 aliphatic heterocycles. The molecular weight excluding hydrogens is 336 g/mol. The lowest BCUT2D eigenvalue weighted by Gasteiger charge is -2.31. The van der Waals surface area contributed by atoms with E-state index in [4.69, 9.17) is 10.7 Å². The highest BCUT2D eigenvalue weighted by Crippen LogP contribution is 2.37. The summed E-state index contributed by atoms with van der Waals surface area (Å²) in [5.41, 5.74) is 6.80. The Labute approximate surface area is 152 Å². The minimum absolute atomic E-state index is 0.0949. The number of nitrogens with zero attached hydrogens (tertiary/aromatic N) is 3. The fourth-order valence-corrected chi connectivity index (χ4v) is 4.74. The van der Waals surface area contributed by atoms with Gasteiger partial charge in [-0.25, -0.2) is 13.4 Å². The number of sulfone groups is 1. The van der Waals surface area contributed by atoms with Gasteiger partial charge in [0, 0.05) is 25.9 Å². The zero-order valence-electron chi connectivity index (χ0n) is 16.6. The average molecular weight is 370 g/mol. The molecule has 6 nitrogen and oxygen atoms in total. The maximum absolute atomic E-state index is 12.7. The van der Waals surface area contributed by atoms with Gasteiger partial charge in [0.2, 0.25) is 5.82 Å². The van der Waals surface area contributed by atoms with Crippen LogP contribution in [0.3, 0.4) is 0 Å². The molecule has 0 unspecified atom stereocenters. The first-order chi connectivity index (χ1) is 11.3. The molecule has 2 rings (SSSR count). The number of rotatable bonds is 5. The molecule has 0 bridgehead atoms. The molecule has 0 radical (unpaired) electrons. The van der Waals surface area contributed by atoms with Crippen molar-refractivity contribution in [1.82, 2.24) is 14.0 Å². The molecule has 25 heavy (non-hydrogen) atoms. The first kappa shape index (κ1) is 20.1. The van der Waals surface area contributed by atoms with Crippen molar-refractivity contribution in [2.45, 2.75) is 59.3 Å². The predicted molar refractivity (Wildman–Crippen MR) is 104 cm³/mol. The second-order valence-electron chi connectivity index (χ2n) is 8.88. The van der Waals surface area contributed by atoms with Crippen LogP contribution < -0.4 is 10.2 Å². The Bertz CT molecular complexity index is 781. The fourth-order valence-electron chi connectivity index (χ4n) is 3.39. The molecule has 142 valence electrons. The first-order valence-corrected chi connectivity index (χ1v) is 10.4. The number of hydrogen-bond acceptors (Lipinski definition) is 4. The van der Waals surface area contributed by atoms with E-state index >= 15 is 0 Å². The van der Waals surface area contributed by atoms with Crippen molar-refractivity contribution in [1.29, 1.82) is 0 Å². The van der Waals surface area contributed by atoms with Gasteiger partial charge in [0.1, 0.15) is 22.6 Å². The number of imidazole rings is 1. The van der Waals surface area contributed by atoms with Gasteiger partial charge in [-0.3, -0.25) is 9.05 Å². The van der Waals surface area contributed by atoms with Crippen LogP contribution in [0.2, 0.25) is 0 Å². The highest BCUT2D eigenvalue weighted by atomic mass is 32.2. The summed E-state index contributed by atoms with van der Waals surface area (Å²) in [4.78, 5) is 5.33. The average Bonchev–Trinajstić information content (AvgIpc) is 2.74. The standard InChI is InChI=1S/C18H33N4O2S/c1-13(2)25(23,24)14-10-15-17(22(6,7)12-14)21(9-8-19)16(20-15)11-18(3,4)5/h12-13H,8-11,19H2,1-7H3/q+1. The molecule has 0 atom stereocenters. The van der Waals surface area contributed by atoms with Crippen molar-refractivity contribution in [3.8, 4) is 0 Å². The molecule has 2 N–H and O–H groups in total. The summed E-state index contributed by atoms with van der Waals surface area (Å²) in [5.74, 6) is 2.04. The lowest BCUT2D eigenvalue weighted by atomic mass is 9.92. The van der Waals surface area contributed by atoms with Gasteiger partial charge in [0.25, 0.3) is 0 Å². The Morgan fingerprint density at radius 3 is 2.40 bits per heavy atom. The normalized spacial score (nSPS) is 17.6. The third-order valence-corrected chi connectivity index (χ3v) is 6.69.